The largest absolute Gasteiger partial charge is 0.496 e. The molecule has 5 heteroatoms. The average Bonchev–Trinajstić information content (AvgIpc) is 2.60. The summed E-state index contributed by atoms with van der Waals surface area (Å²) in [6.07, 6.45) is 2.04. The Kier molecular flexibility index (Phi) is 7.79. The Morgan fingerprint density at radius 3 is 2.68 bits per heavy atom. The summed E-state index contributed by atoms with van der Waals surface area (Å²) >= 11 is 1.64. The van der Waals surface area contributed by atoms with Crippen LogP contribution in [0.5, 0.6) is 5.75 Å². The molecule has 0 saturated carbocycles. The Labute approximate surface area is 153 Å². The van der Waals surface area contributed by atoms with E-state index in [9.17, 15) is 9.18 Å². The van der Waals surface area contributed by atoms with E-state index >= 15 is 0 Å². The zero-order chi connectivity index (χ0) is 18.1. The van der Waals surface area contributed by atoms with Crippen LogP contribution in [-0.2, 0) is 11.2 Å². The third kappa shape index (κ3) is 6.78. The molecule has 2 aromatic carbocycles. The highest BCUT2D eigenvalue weighted by Crippen LogP contribution is 2.20. The fourth-order valence-electron chi connectivity index (χ4n) is 2.48. The van der Waals surface area contributed by atoms with Crippen molar-refractivity contribution in [3.8, 4) is 5.75 Å². The summed E-state index contributed by atoms with van der Waals surface area (Å²) in [6, 6.07) is 12.5. The minimum absolute atomic E-state index is 0.0614. The summed E-state index contributed by atoms with van der Waals surface area (Å²) in [6.45, 7) is 2.64. The van der Waals surface area contributed by atoms with Gasteiger partial charge in [-0.1, -0.05) is 17.7 Å². The standard InChI is InChI=1S/C20H24FNO2S/c1-15-5-10-19(24-2)16(14-15)11-12-22-20(23)4-3-13-25-18-8-6-17(21)7-9-18/h5-10,14H,3-4,11-13H2,1-2H3,(H,22,23). The van der Waals surface area contributed by atoms with Crippen LogP contribution in [0.4, 0.5) is 4.39 Å². The monoisotopic (exact) mass is 361 g/mol. The average molecular weight is 361 g/mol. The van der Waals surface area contributed by atoms with E-state index in [2.05, 4.69) is 11.4 Å². The topological polar surface area (TPSA) is 38.3 Å². The maximum atomic E-state index is 12.8. The van der Waals surface area contributed by atoms with Crippen LogP contribution < -0.4 is 10.1 Å². The molecule has 3 nitrogen and oxygen atoms in total. The summed E-state index contributed by atoms with van der Waals surface area (Å²) in [5.41, 5.74) is 2.29. The minimum Gasteiger partial charge on any atom is -0.496 e. The van der Waals surface area contributed by atoms with E-state index in [1.54, 1.807) is 31.0 Å². The zero-order valence-electron chi connectivity index (χ0n) is 14.7. The molecule has 0 aliphatic heterocycles. The van der Waals surface area contributed by atoms with Gasteiger partial charge >= 0.3 is 0 Å². The van der Waals surface area contributed by atoms with E-state index in [1.807, 2.05) is 19.1 Å². The smallest absolute Gasteiger partial charge is 0.220 e. The molecule has 1 amide bonds. The van der Waals surface area contributed by atoms with Gasteiger partial charge in [-0.05, 0) is 61.4 Å². The number of benzene rings is 2. The van der Waals surface area contributed by atoms with Gasteiger partial charge in [0.1, 0.15) is 11.6 Å². The fourth-order valence-corrected chi connectivity index (χ4v) is 3.33. The van der Waals surface area contributed by atoms with E-state index in [0.29, 0.717) is 13.0 Å². The normalized spacial score (nSPS) is 10.5. The first-order valence-corrected chi connectivity index (χ1v) is 9.35. The number of aryl methyl sites for hydroxylation is 1. The molecule has 0 saturated heterocycles. The predicted octanol–water partition coefficient (Wildman–Crippen LogP) is 4.37. The Balaban J connectivity index is 1.64. The molecular formula is C20H24FNO2S. The highest BCUT2D eigenvalue weighted by atomic mass is 32.2. The van der Waals surface area contributed by atoms with E-state index in [-0.39, 0.29) is 11.7 Å². The van der Waals surface area contributed by atoms with E-state index in [0.717, 1.165) is 34.8 Å². The third-order valence-corrected chi connectivity index (χ3v) is 4.88. The van der Waals surface area contributed by atoms with Crippen molar-refractivity contribution in [2.24, 2.45) is 0 Å². The van der Waals surface area contributed by atoms with Crippen LogP contribution in [0.2, 0.25) is 0 Å². The Morgan fingerprint density at radius 2 is 1.96 bits per heavy atom. The number of methoxy groups -OCH3 is 1. The lowest BCUT2D eigenvalue weighted by Gasteiger charge is -2.10. The molecule has 2 aromatic rings. The Morgan fingerprint density at radius 1 is 1.20 bits per heavy atom. The van der Waals surface area contributed by atoms with Crippen LogP contribution in [0, 0.1) is 12.7 Å². The SMILES string of the molecule is COc1ccc(C)cc1CCNC(=O)CCCSc1ccc(F)cc1. The summed E-state index contributed by atoms with van der Waals surface area (Å²) in [5.74, 6) is 1.53. The molecule has 25 heavy (non-hydrogen) atoms. The molecule has 0 aliphatic carbocycles. The maximum absolute atomic E-state index is 12.8. The number of thioether (sulfide) groups is 1. The molecule has 0 bridgehead atoms. The first kappa shape index (κ1) is 19.3. The van der Waals surface area contributed by atoms with Crippen molar-refractivity contribution >= 4 is 17.7 Å². The van der Waals surface area contributed by atoms with E-state index in [1.165, 1.54) is 17.7 Å². The van der Waals surface area contributed by atoms with Crippen LogP contribution in [0.25, 0.3) is 0 Å². The summed E-state index contributed by atoms with van der Waals surface area (Å²) in [4.78, 5) is 12.9. The molecular weight excluding hydrogens is 337 g/mol. The molecule has 0 spiro atoms. The van der Waals surface area contributed by atoms with Gasteiger partial charge in [0.15, 0.2) is 0 Å². The van der Waals surface area contributed by atoms with Crippen molar-refractivity contribution in [3.05, 3.63) is 59.4 Å². The lowest BCUT2D eigenvalue weighted by atomic mass is 10.1. The quantitative estimate of drug-likeness (QED) is 0.532. The van der Waals surface area contributed by atoms with Crippen molar-refractivity contribution in [1.82, 2.24) is 5.32 Å². The number of ether oxygens (including phenoxy) is 1. The van der Waals surface area contributed by atoms with Crippen molar-refractivity contribution in [1.29, 1.82) is 0 Å². The van der Waals surface area contributed by atoms with Gasteiger partial charge in [0.25, 0.3) is 0 Å². The van der Waals surface area contributed by atoms with Crippen molar-refractivity contribution in [2.75, 3.05) is 19.4 Å². The lowest BCUT2D eigenvalue weighted by Crippen LogP contribution is -2.25. The highest BCUT2D eigenvalue weighted by molar-refractivity contribution is 7.99. The van der Waals surface area contributed by atoms with Crippen molar-refractivity contribution in [2.45, 2.75) is 31.1 Å². The van der Waals surface area contributed by atoms with Crippen LogP contribution in [-0.4, -0.2) is 25.3 Å². The van der Waals surface area contributed by atoms with Gasteiger partial charge in [0, 0.05) is 17.9 Å². The molecule has 1 N–H and O–H groups in total. The molecule has 0 heterocycles. The maximum Gasteiger partial charge on any atom is 0.220 e. The van der Waals surface area contributed by atoms with Gasteiger partial charge in [-0.25, -0.2) is 4.39 Å². The number of hydrogen-bond acceptors (Lipinski definition) is 3. The lowest BCUT2D eigenvalue weighted by molar-refractivity contribution is -0.121. The predicted molar refractivity (Wildman–Crippen MR) is 101 cm³/mol. The van der Waals surface area contributed by atoms with Gasteiger partial charge in [-0.3, -0.25) is 4.79 Å². The molecule has 0 unspecified atom stereocenters. The van der Waals surface area contributed by atoms with Crippen molar-refractivity contribution in [3.63, 3.8) is 0 Å². The third-order valence-electron chi connectivity index (χ3n) is 3.78. The van der Waals surface area contributed by atoms with Gasteiger partial charge in [-0.15, -0.1) is 11.8 Å². The van der Waals surface area contributed by atoms with Crippen molar-refractivity contribution < 1.29 is 13.9 Å². The number of carbonyl (C=O) groups excluding carboxylic acids is 1. The zero-order valence-corrected chi connectivity index (χ0v) is 15.5. The Hall–Kier alpha value is -2.01. The minimum atomic E-state index is -0.228. The first-order chi connectivity index (χ1) is 12.1. The summed E-state index contributed by atoms with van der Waals surface area (Å²) in [5, 5.41) is 2.95. The van der Waals surface area contributed by atoms with Gasteiger partial charge < -0.3 is 10.1 Å². The molecule has 0 aliphatic rings. The number of nitrogens with one attached hydrogen (secondary N) is 1. The highest BCUT2D eigenvalue weighted by Gasteiger charge is 2.05. The Bertz CT molecular complexity index is 689. The van der Waals surface area contributed by atoms with Crippen LogP contribution in [0.15, 0.2) is 47.4 Å². The van der Waals surface area contributed by atoms with Crippen LogP contribution >= 0.6 is 11.8 Å². The van der Waals surface area contributed by atoms with Crippen LogP contribution in [0.1, 0.15) is 24.0 Å². The second-order valence-corrected chi connectivity index (χ2v) is 6.99. The number of halogens is 1. The number of carbonyl (C=O) groups is 1. The molecule has 0 aromatic heterocycles. The van der Waals surface area contributed by atoms with Crippen LogP contribution in [0.3, 0.4) is 0 Å². The number of amides is 1. The second-order valence-electron chi connectivity index (χ2n) is 5.82. The molecule has 134 valence electrons. The van der Waals surface area contributed by atoms with E-state index < -0.39 is 0 Å². The first-order valence-electron chi connectivity index (χ1n) is 8.37. The van der Waals surface area contributed by atoms with Gasteiger partial charge in [0.2, 0.25) is 5.91 Å². The molecule has 0 radical (unpaired) electrons. The van der Waals surface area contributed by atoms with E-state index in [4.69, 9.17) is 4.74 Å². The second kappa shape index (κ2) is 10.1. The molecule has 2 rings (SSSR count). The number of rotatable bonds is 9. The molecule has 0 fully saturated rings. The fraction of sp³-hybridized carbons (Fsp3) is 0.350. The van der Waals surface area contributed by atoms with Gasteiger partial charge in [0.05, 0.1) is 7.11 Å². The molecule has 0 atom stereocenters. The summed E-state index contributed by atoms with van der Waals surface area (Å²) < 4.78 is 18.2. The van der Waals surface area contributed by atoms with Gasteiger partial charge in [-0.2, -0.15) is 0 Å². The summed E-state index contributed by atoms with van der Waals surface area (Å²) in [7, 11) is 1.66. The number of hydrogen-bond donors (Lipinski definition) is 1.